The van der Waals surface area contributed by atoms with E-state index in [0.717, 1.165) is 10.8 Å². The normalized spacial score (nSPS) is 12.0. The third-order valence-corrected chi connectivity index (χ3v) is 4.71. The van der Waals surface area contributed by atoms with Gasteiger partial charge in [0.05, 0.1) is 10.7 Å². The number of benzene rings is 1. The number of nitrogens with zero attached hydrogens (tertiary/aromatic N) is 4. The molecular weight excluding hydrogens is 375 g/mol. The molecule has 0 saturated carbocycles. The molecule has 0 amide bonds. The van der Waals surface area contributed by atoms with Gasteiger partial charge in [0.1, 0.15) is 5.82 Å². The summed E-state index contributed by atoms with van der Waals surface area (Å²) in [5.74, 6) is 0.178. The van der Waals surface area contributed by atoms with Gasteiger partial charge in [-0.05, 0) is 18.2 Å². The van der Waals surface area contributed by atoms with Crippen molar-refractivity contribution >= 4 is 44.6 Å². The average molecular weight is 387 g/mol. The summed E-state index contributed by atoms with van der Waals surface area (Å²) >= 11 is 12.1. The van der Waals surface area contributed by atoms with E-state index in [9.17, 15) is 8.42 Å². The zero-order valence-electron chi connectivity index (χ0n) is 12.4. The summed E-state index contributed by atoms with van der Waals surface area (Å²) in [5, 5.41) is 4.34. The molecule has 24 heavy (non-hydrogen) atoms. The van der Waals surface area contributed by atoms with Gasteiger partial charge in [0, 0.05) is 29.0 Å². The maximum atomic E-state index is 11.6. The fourth-order valence-corrected chi connectivity index (χ4v) is 3.17. The van der Waals surface area contributed by atoms with Crippen LogP contribution < -0.4 is 11.5 Å². The lowest BCUT2D eigenvalue weighted by atomic mass is 10.1. The molecule has 0 atom stereocenters. The Morgan fingerprint density at radius 3 is 2.54 bits per heavy atom. The van der Waals surface area contributed by atoms with Crippen LogP contribution in [0.5, 0.6) is 0 Å². The summed E-state index contributed by atoms with van der Waals surface area (Å²) in [6.45, 7) is 0.0527. The molecule has 126 valence electrons. The van der Waals surface area contributed by atoms with E-state index >= 15 is 0 Å². The second-order valence-corrected chi connectivity index (χ2v) is 7.78. The number of aromatic nitrogens is 4. The van der Waals surface area contributed by atoms with Crippen molar-refractivity contribution in [1.82, 2.24) is 19.6 Å². The standard InChI is InChI=1S/C13H12Cl2N6O2S/c1-24(22,23)13-19-12-18-10(7-3-2-6(14)4-9(7)15)8(5-16)11(17)21(12)20-13/h2-4H,5,16-17H2,1H3. The number of halogens is 2. The van der Waals surface area contributed by atoms with Gasteiger partial charge in [0.2, 0.25) is 9.84 Å². The van der Waals surface area contributed by atoms with Gasteiger partial charge in [0.25, 0.3) is 10.9 Å². The largest absolute Gasteiger partial charge is 0.383 e. The Hall–Kier alpha value is -1.94. The molecule has 0 aliphatic heterocycles. The van der Waals surface area contributed by atoms with Gasteiger partial charge >= 0.3 is 0 Å². The molecule has 3 aromatic rings. The minimum absolute atomic E-state index is 0.0335. The molecule has 1 aromatic carbocycles. The summed E-state index contributed by atoms with van der Waals surface area (Å²) in [7, 11) is -3.61. The highest BCUT2D eigenvalue weighted by molar-refractivity contribution is 7.90. The van der Waals surface area contributed by atoms with Crippen molar-refractivity contribution in [3.8, 4) is 11.3 Å². The lowest BCUT2D eigenvalue weighted by molar-refractivity contribution is 0.593. The van der Waals surface area contributed by atoms with Crippen LogP contribution in [0.2, 0.25) is 10.0 Å². The van der Waals surface area contributed by atoms with E-state index in [1.807, 2.05) is 0 Å². The number of sulfone groups is 1. The van der Waals surface area contributed by atoms with Crippen molar-refractivity contribution in [1.29, 1.82) is 0 Å². The molecule has 0 unspecified atom stereocenters. The average Bonchev–Trinajstić information content (AvgIpc) is 2.92. The quantitative estimate of drug-likeness (QED) is 0.697. The molecule has 11 heteroatoms. The Labute approximate surface area is 147 Å². The summed E-state index contributed by atoms with van der Waals surface area (Å²) in [6, 6.07) is 4.89. The lowest BCUT2D eigenvalue weighted by Gasteiger charge is -2.12. The summed E-state index contributed by atoms with van der Waals surface area (Å²) in [5.41, 5.74) is 13.3. The van der Waals surface area contributed by atoms with Gasteiger partial charge in [-0.25, -0.2) is 13.4 Å². The first kappa shape index (κ1) is 16.9. The first-order chi connectivity index (χ1) is 11.2. The van der Waals surface area contributed by atoms with Crippen LogP contribution in [0.1, 0.15) is 5.56 Å². The van der Waals surface area contributed by atoms with Gasteiger partial charge in [-0.1, -0.05) is 23.2 Å². The highest BCUT2D eigenvalue weighted by Crippen LogP contribution is 2.33. The van der Waals surface area contributed by atoms with Crippen LogP contribution in [0.15, 0.2) is 23.4 Å². The first-order valence-electron chi connectivity index (χ1n) is 6.63. The third-order valence-electron chi connectivity index (χ3n) is 3.33. The maximum absolute atomic E-state index is 11.6. The third kappa shape index (κ3) is 2.80. The zero-order chi connectivity index (χ0) is 17.6. The van der Waals surface area contributed by atoms with Crippen molar-refractivity contribution < 1.29 is 8.42 Å². The summed E-state index contributed by atoms with van der Waals surface area (Å²) in [6.07, 6.45) is 0.999. The van der Waals surface area contributed by atoms with Gasteiger partial charge in [-0.3, -0.25) is 0 Å². The fourth-order valence-electron chi connectivity index (χ4n) is 2.20. The molecule has 8 nitrogen and oxygen atoms in total. The Kier molecular flexibility index (Phi) is 4.12. The maximum Gasteiger partial charge on any atom is 0.268 e. The lowest BCUT2D eigenvalue weighted by Crippen LogP contribution is -2.11. The molecular formula is C13H12Cl2N6O2S. The monoisotopic (exact) mass is 386 g/mol. The highest BCUT2D eigenvalue weighted by atomic mass is 35.5. The van der Waals surface area contributed by atoms with Crippen molar-refractivity contribution in [2.45, 2.75) is 11.7 Å². The van der Waals surface area contributed by atoms with E-state index in [1.165, 1.54) is 0 Å². The van der Waals surface area contributed by atoms with E-state index in [4.69, 9.17) is 34.7 Å². The molecule has 0 saturated heterocycles. The Morgan fingerprint density at radius 2 is 1.96 bits per heavy atom. The van der Waals surface area contributed by atoms with Crippen LogP contribution in [-0.4, -0.2) is 34.3 Å². The molecule has 0 radical (unpaired) electrons. The van der Waals surface area contributed by atoms with Crippen molar-refractivity contribution in [3.63, 3.8) is 0 Å². The molecule has 4 N–H and O–H groups in total. The molecule has 0 bridgehead atoms. The van der Waals surface area contributed by atoms with Crippen LogP contribution in [0.4, 0.5) is 5.82 Å². The number of anilines is 1. The predicted molar refractivity (Wildman–Crippen MR) is 91.7 cm³/mol. The Morgan fingerprint density at radius 1 is 1.25 bits per heavy atom. The van der Waals surface area contributed by atoms with Crippen LogP contribution in [0, 0.1) is 0 Å². The second kappa shape index (κ2) is 5.85. The van der Waals surface area contributed by atoms with Crippen LogP contribution in [-0.2, 0) is 16.4 Å². The van der Waals surface area contributed by atoms with Crippen LogP contribution >= 0.6 is 23.2 Å². The molecule has 2 heterocycles. The number of rotatable bonds is 3. The number of nitrogens with two attached hydrogens (primary N) is 2. The van der Waals surface area contributed by atoms with Gasteiger partial charge in [-0.2, -0.15) is 9.50 Å². The molecule has 0 spiro atoms. The first-order valence-corrected chi connectivity index (χ1v) is 9.27. The van der Waals surface area contributed by atoms with E-state index in [1.54, 1.807) is 18.2 Å². The van der Waals surface area contributed by atoms with E-state index in [0.29, 0.717) is 26.9 Å². The number of hydrogen-bond acceptors (Lipinski definition) is 7. The SMILES string of the molecule is CS(=O)(=O)c1nc2nc(-c3ccc(Cl)cc3Cl)c(CN)c(N)n2n1. The van der Waals surface area contributed by atoms with E-state index < -0.39 is 9.84 Å². The Bertz CT molecular complexity index is 1060. The topological polar surface area (TPSA) is 129 Å². The van der Waals surface area contributed by atoms with Crippen molar-refractivity contribution in [2.24, 2.45) is 5.73 Å². The Balaban J connectivity index is 2.36. The van der Waals surface area contributed by atoms with Crippen molar-refractivity contribution in [3.05, 3.63) is 33.8 Å². The molecule has 2 aromatic heterocycles. The number of hydrogen-bond donors (Lipinski definition) is 2. The second-order valence-electron chi connectivity index (χ2n) is 5.03. The number of fused-ring (bicyclic) bond motifs is 1. The van der Waals surface area contributed by atoms with E-state index in [-0.39, 0.29) is 23.3 Å². The van der Waals surface area contributed by atoms with Gasteiger partial charge in [0.15, 0.2) is 0 Å². The highest BCUT2D eigenvalue weighted by Gasteiger charge is 2.21. The van der Waals surface area contributed by atoms with E-state index in [2.05, 4.69) is 15.1 Å². The minimum Gasteiger partial charge on any atom is -0.383 e. The van der Waals surface area contributed by atoms with Gasteiger partial charge < -0.3 is 11.5 Å². The van der Waals surface area contributed by atoms with Crippen LogP contribution in [0.25, 0.3) is 17.0 Å². The number of nitrogen functional groups attached to an aromatic ring is 1. The fraction of sp³-hybridized carbons (Fsp3) is 0.154. The molecule has 0 aliphatic carbocycles. The smallest absolute Gasteiger partial charge is 0.268 e. The molecule has 0 fully saturated rings. The zero-order valence-corrected chi connectivity index (χ0v) is 14.7. The summed E-state index contributed by atoms with van der Waals surface area (Å²) < 4.78 is 24.4. The molecule has 0 aliphatic rings. The van der Waals surface area contributed by atoms with Crippen LogP contribution in [0.3, 0.4) is 0 Å². The molecule has 3 rings (SSSR count). The summed E-state index contributed by atoms with van der Waals surface area (Å²) in [4.78, 5) is 8.26. The predicted octanol–water partition coefficient (Wildman–Crippen LogP) is 1.54. The van der Waals surface area contributed by atoms with Gasteiger partial charge in [-0.15, -0.1) is 5.10 Å². The van der Waals surface area contributed by atoms with Crippen molar-refractivity contribution in [2.75, 3.05) is 12.0 Å². The minimum atomic E-state index is -3.61.